The number of rotatable bonds is 4. The maximum atomic E-state index is 14.8. The van der Waals surface area contributed by atoms with Gasteiger partial charge in [-0.25, -0.2) is 14.2 Å². The number of fused-ring (bicyclic) bond motifs is 1. The summed E-state index contributed by atoms with van der Waals surface area (Å²) in [5.74, 6) is -0.476. The van der Waals surface area contributed by atoms with Crippen molar-refractivity contribution in [3.63, 3.8) is 0 Å². The Kier molecular flexibility index (Phi) is 5.34. The number of benzene rings is 2. The zero-order valence-electron chi connectivity index (χ0n) is 15.8. The van der Waals surface area contributed by atoms with Crippen LogP contribution in [0, 0.1) is 17.1 Å². The van der Waals surface area contributed by atoms with Crippen LogP contribution in [-0.2, 0) is 6.42 Å². The highest BCUT2D eigenvalue weighted by molar-refractivity contribution is 7.21. The molecular formula is C21H20FN3O2S. The monoisotopic (exact) mass is 397 g/mol. The van der Waals surface area contributed by atoms with Crippen LogP contribution in [-0.4, -0.2) is 32.7 Å². The van der Waals surface area contributed by atoms with E-state index in [4.69, 9.17) is 0 Å². The number of amides is 1. The van der Waals surface area contributed by atoms with E-state index in [1.807, 2.05) is 30.3 Å². The molecule has 3 aromatic rings. The molecule has 0 fully saturated rings. The van der Waals surface area contributed by atoms with Gasteiger partial charge in [-0.3, -0.25) is 4.90 Å². The number of nitrogens with zero attached hydrogens (tertiary/aromatic N) is 3. The van der Waals surface area contributed by atoms with Gasteiger partial charge in [-0.1, -0.05) is 24.3 Å². The van der Waals surface area contributed by atoms with Crippen molar-refractivity contribution in [1.82, 2.24) is 9.88 Å². The van der Waals surface area contributed by atoms with Crippen LogP contribution in [0.1, 0.15) is 26.3 Å². The van der Waals surface area contributed by atoms with Gasteiger partial charge in [0.05, 0.1) is 16.3 Å². The largest absolute Gasteiger partial charge is 0.465 e. The van der Waals surface area contributed by atoms with E-state index in [1.165, 1.54) is 17.4 Å². The second-order valence-electron chi connectivity index (χ2n) is 7.47. The fourth-order valence-electron chi connectivity index (χ4n) is 3.13. The number of para-hydroxylation sites is 1. The average molecular weight is 397 g/mol. The predicted molar refractivity (Wildman–Crippen MR) is 108 cm³/mol. The third-order valence-corrected chi connectivity index (χ3v) is 5.48. The molecule has 1 aromatic heterocycles. The molecule has 0 saturated carbocycles. The van der Waals surface area contributed by atoms with E-state index in [0.29, 0.717) is 16.1 Å². The van der Waals surface area contributed by atoms with Crippen molar-refractivity contribution in [2.45, 2.75) is 38.8 Å². The smallest absolute Gasteiger partial charge is 0.408 e. The summed E-state index contributed by atoms with van der Waals surface area (Å²) in [4.78, 5) is 17.2. The molecule has 0 bridgehead atoms. The number of nitriles is 1. The van der Waals surface area contributed by atoms with Crippen LogP contribution in [0.3, 0.4) is 0 Å². The molecule has 0 spiro atoms. The quantitative estimate of drug-likeness (QED) is 0.647. The number of thiazole rings is 1. The van der Waals surface area contributed by atoms with Crippen molar-refractivity contribution < 1.29 is 14.3 Å². The van der Waals surface area contributed by atoms with Gasteiger partial charge in [0.2, 0.25) is 0 Å². The van der Waals surface area contributed by atoms with Crippen LogP contribution in [0.5, 0.6) is 0 Å². The number of aromatic nitrogens is 1. The molecule has 0 unspecified atom stereocenters. The molecule has 0 aliphatic rings. The molecule has 1 N–H and O–H groups in total. The highest BCUT2D eigenvalue weighted by atomic mass is 32.1. The minimum atomic E-state index is -1.20. The SMILES string of the molecule is CC(C)(C)N(C(=O)O)[C@H](C#N)Cc1ccc(-c2nc3ccccc3s2)cc1F. The van der Waals surface area contributed by atoms with E-state index in [0.717, 1.165) is 15.1 Å². The maximum Gasteiger partial charge on any atom is 0.408 e. The van der Waals surface area contributed by atoms with E-state index < -0.39 is 23.5 Å². The topological polar surface area (TPSA) is 77.2 Å². The van der Waals surface area contributed by atoms with Crippen LogP contribution in [0.4, 0.5) is 9.18 Å². The molecule has 0 aliphatic heterocycles. The Morgan fingerprint density at radius 1 is 1.32 bits per heavy atom. The van der Waals surface area contributed by atoms with Gasteiger partial charge >= 0.3 is 6.09 Å². The zero-order chi connectivity index (χ0) is 20.5. The molecule has 0 aliphatic carbocycles. The fourth-order valence-corrected chi connectivity index (χ4v) is 4.09. The van der Waals surface area contributed by atoms with E-state index in [9.17, 15) is 19.6 Å². The number of halogens is 1. The second kappa shape index (κ2) is 7.56. The van der Waals surface area contributed by atoms with Crippen molar-refractivity contribution in [1.29, 1.82) is 5.26 Å². The van der Waals surface area contributed by atoms with Crippen molar-refractivity contribution in [2.75, 3.05) is 0 Å². The third-order valence-electron chi connectivity index (χ3n) is 4.40. The first kappa shape index (κ1) is 19.8. The summed E-state index contributed by atoms with van der Waals surface area (Å²) >= 11 is 1.48. The highest BCUT2D eigenvalue weighted by Gasteiger charge is 2.33. The second-order valence-corrected chi connectivity index (χ2v) is 8.50. The first-order valence-electron chi connectivity index (χ1n) is 8.77. The summed E-state index contributed by atoms with van der Waals surface area (Å²) < 4.78 is 15.8. The first-order valence-corrected chi connectivity index (χ1v) is 9.58. The summed E-state index contributed by atoms with van der Waals surface area (Å²) in [7, 11) is 0. The lowest BCUT2D eigenvalue weighted by Gasteiger charge is -2.36. The summed E-state index contributed by atoms with van der Waals surface area (Å²) in [6.45, 7) is 5.12. The number of hydrogen-bond donors (Lipinski definition) is 1. The van der Waals surface area contributed by atoms with Gasteiger partial charge in [0.1, 0.15) is 16.9 Å². The Morgan fingerprint density at radius 3 is 2.61 bits per heavy atom. The van der Waals surface area contributed by atoms with Gasteiger partial charge in [-0.15, -0.1) is 11.3 Å². The van der Waals surface area contributed by atoms with Gasteiger partial charge < -0.3 is 5.11 Å². The maximum absolute atomic E-state index is 14.8. The molecule has 28 heavy (non-hydrogen) atoms. The van der Waals surface area contributed by atoms with Gasteiger partial charge in [0, 0.05) is 17.5 Å². The van der Waals surface area contributed by atoms with E-state index in [1.54, 1.807) is 32.9 Å². The summed E-state index contributed by atoms with van der Waals surface area (Å²) in [5.41, 5.74) is 1.04. The standard InChI is InChI=1S/C21H20FN3O2S/c1-21(2,3)25(20(26)27)15(12-23)10-13-8-9-14(11-16(13)22)19-24-17-6-4-5-7-18(17)28-19/h4-9,11,15H,10H2,1-3H3,(H,26,27)/t15-/m0/s1. The molecule has 3 rings (SSSR count). The molecule has 0 radical (unpaired) electrons. The zero-order valence-corrected chi connectivity index (χ0v) is 16.6. The Bertz CT molecular complexity index is 1030. The summed E-state index contributed by atoms with van der Waals surface area (Å²) in [6, 6.07) is 13.5. The van der Waals surface area contributed by atoms with E-state index in [-0.39, 0.29) is 6.42 Å². The molecule has 5 nitrogen and oxygen atoms in total. The van der Waals surface area contributed by atoms with Crippen LogP contribution in [0.15, 0.2) is 42.5 Å². The fraction of sp³-hybridized carbons (Fsp3) is 0.286. The molecule has 0 saturated heterocycles. The van der Waals surface area contributed by atoms with Crippen molar-refractivity contribution in [2.24, 2.45) is 0 Å². The third kappa shape index (κ3) is 3.97. The molecule has 7 heteroatoms. The molecule has 1 heterocycles. The average Bonchev–Trinajstić information content (AvgIpc) is 3.05. The lowest BCUT2D eigenvalue weighted by Crippen LogP contribution is -2.51. The van der Waals surface area contributed by atoms with Crippen molar-refractivity contribution in [3.8, 4) is 16.6 Å². The van der Waals surface area contributed by atoms with Gasteiger partial charge in [-0.2, -0.15) is 5.26 Å². The van der Waals surface area contributed by atoms with Crippen molar-refractivity contribution in [3.05, 3.63) is 53.8 Å². The van der Waals surface area contributed by atoms with Gasteiger partial charge in [0.25, 0.3) is 0 Å². The number of carbonyl (C=O) groups is 1. The van der Waals surface area contributed by atoms with Gasteiger partial charge in [-0.05, 0) is 44.5 Å². The Balaban J connectivity index is 1.89. The minimum absolute atomic E-state index is 0.0218. The van der Waals surface area contributed by atoms with Crippen LogP contribution in [0.2, 0.25) is 0 Å². The molecule has 1 amide bonds. The number of carboxylic acid groups (broad SMARTS) is 1. The predicted octanol–water partition coefficient (Wildman–Crippen LogP) is 5.32. The molecular weight excluding hydrogens is 377 g/mol. The molecule has 2 aromatic carbocycles. The van der Waals surface area contributed by atoms with Crippen molar-refractivity contribution >= 4 is 27.6 Å². The van der Waals surface area contributed by atoms with Crippen LogP contribution in [0.25, 0.3) is 20.8 Å². The summed E-state index contributed by atoms with van der Waals surface area (Å²) in [5, 5.41) is 19.7. The lowest BCUT2D eigenvalue weighted by molar-refractivity contribution is 0.0848. The first-order chi connectivity index (χ1) is 13.2. The van der Waals surface area contributed by atoms with Gasteiger partial charge in [0.15, 0.2) is 0 Å². The number of hydrogen-bond acceptors (Lipinski definition) is 4. The van der Waals surface area contributed by atoms with E-state index in [2.05, 4.69) is 4.98 Å². The Labute approximate surface area is 166 Å². The normalized spacial score (nSPS) is 12.5. The molecule has 144 valence electrons. The highest BCUT2D eigenvalue weighted by Crippen LogP contribution is 2.31. The summed E-state index contributed by atoms with van der Waals surface area (Å²) in [6.07, 6.45) is -1.22. The molecule has 1 atom stereocenters. The Hall–Kier alpha value is -2.98. The van der Waals surface area contributed by atoms with E-state index >= 15 is 0 Å². The Morgan fingerprint density at radius 2 is 2.04 bits per heavy atom. The lowest BCUT2D eigenvalue weighted by atomic mass is 9.98. The van der Waals surface area contributed by atoms with Crippen LogP contribution >= 0.6 is 11.3 Å². The van der Waals surface area contributed by atoms with Crippen LogP contribution < -0.4 is 0 Å². The minimum Gasteiger partial charge on any atom is -0.465 e.